The molecular formula is C10H9N5O3. The number of nitrogens with two attached hydrogens (primary N) is 1. The first-order chi connectivity index (χ1) is 8.60. The van der Waals surface area contributed by atoms with Gasteiger partial charge in [-0.25, -0.2) is 10.6 Å². The molecular weight excluding hydrogens is 238 g/mol. The minimum Gasteiger partial charge on any atom is -0.478 e. The predicted molar refractivity (Wildman–Crippen MR) is 61.5 cm³/mol. The number of azo groups is 1. The second kappa shape index (κ2) is 6.04. The molecule has 5 N–H and O–H groups in total. The topological polar surface area (TPSA) is 141 Å². The molecule has 0 fully saturated rings. The van der Waals surface area contributed by atoms with E-state index >= 15 is 0 Å². The third-order valence-electron chi connectivity index (χ3n) is 1.86. The van der Waals surface area contributed by atoms with E-state index in [9.17, 15) is 9.59 Å². The molecule has 0 spiro atoms. The van der Waals surface area contributed by atoms with Crippen molar-refractivity contribution in [2.24, 2.45) is 16.1 Å². The van der Waals surface area contributed by atoms with E-state index in [0.29, 0.717) is 0 Å². The molecule has 1 aromatic rings. The number of carboxylic acid groups (broad SMARTS) is 1. The second-order valence-electron chi connectivity index (χ2n) is 2.97. The molecule has 0 radical (unpaired) electrons. The highest BCUT2D eigenvalue weighted by Gasteiger charge is 2.10. The molecule has 0 bridgehead atoms. The summed E-state index contributed by atoms with van der Waals surface area (Å²) in [6.45, 7) is 0. The molecule has 0 unspecified atom stereocenters. The number of hydrazine groups is 1. The number of carbonyl (C=O) groups is 2. The van der Waals surface area contributed by atoms with E-state index in [4.69, 9.17) is 16.4 Å². The van der Waals surface area contributed by atoms with E-state index in [1.54, 1.807) is 17.4 Å². The van der Waals surface area contributed by atoms with Crippen LogP contribution in [0.25, 0.3) is 0 Å². The van der Waals surface area contributed by atoms with Gasteiger partial charge in [-0.15, -0.1) is 10.2 Å². The van der Waals surface area contributed by atoms with E-state index in [1.165, 1.54) is 18.2 Å². The van der Waals surface area contributed by atoms with Crippen LogP contribution in [-0.4, -0.2) is 22.9 Å². The lowest BCUT2D eigenvalue weighted by Gasteiger charge is -1.98. The van der Waals surface area contributed by atoms with Crippen LogP contribution in [0.15, 0.2) is 40.2 Å². The molecule has 18 heavy (non-hydrogen) atoms. The minimum absolute atomic E-state index is 0.0579. The maximum Gasteiger partial charge on any atom is 0.337 e. The summed E-state index contributed by atoms with van der Waals surface area (Å²) >= 11 is 0. The number of carbonyl (C=O) groups excluding carboxylic acids is 1. The highest BCUT2D eigenvalue weighted by Crippen LogP contribution is 2.19. The molecule has 0 aliphatic rings. The van der Waals surface area contributed by atoms with Gasteiger partial charge in [-0.05, 0) is 12.1 Å². The van der Waals surface area contributed by atoms with E-state index < -0.39 is 17.6 Å². The molecule has 0 aliphatic heterocycles. The zero-order valence-corrected chi connectivity index (χ0v) is 9.04. The Labute approximate surface area is 101 Å². The summed E-state index contributed by atoms with van der Waals surface area (Å²) in [5.74, 6) is 4.58. The first-order valence-electron chi connectivity index (χ1n) is 4.65. The number of hydrogen-bond acceptors (Lipinski definition) is 6. The molecule has 1 aromatic carbocycles. The largest absolute Gasteiger partial charge is 0.478 e. The fraction of sp³-hybridized carbons (Fsp3) is 0. The minimum atomic E-state index is -1.17. The summed E-state index contributed by atoms with van der Waals surface area (Å²) < 4.78 is 0. The zero-order chi connectivity index (χ0) is 13.5. The fourth-order valence-electron chi connectivity index (χ4n) is 1.04. The Balaban J connectivity index is 3.08. The number of amides is 1. The van der Waals surface area contributed by atoms with Gasteiger partial charge < -0.3 is 5.11 Å². The smallest absolute Gasteiger partial charge is 0.337 e. The second-order valence-corrected chi connectivity index (χ2v) is 2.97. The molecule has 0 aliphatic carbocycles. The highest BCUT2D eigenvalue weighted by atomic mass is 16.4. The van der Waals surface area contributed by atoms with Crippen molar-refractivity contribution in [2.45, 2.75) is 0 Å². The Morgan fingerprint density at radius 1 is 1.39 bits per heavy atom. The van der Waals surface area contributed by atoms with Crippen LogP contribution in [0.3, 0.4) is 0 Å². The summed E-state index contributed by atoms with van der Waals surface area (Å²) in [7, 11) is 0. The lowest BCUT2D eigenvalue weighted by molar-refractivity contribution is -0.117. The van der Waals surface area contributed by atoms with Gasteiger partial charge in [-0.3, -0.25) is 15.6 Å². The maximum atomic E-state index is 11.1. The zero-order valence-electron chi connectivity index (χ0n) is 9.04. The van der Waals surface area contributed by atoms with Crippen LogP contribution in [0, 0.1) is 5.41 Å². The third kappa shape index (κ3) is 3.08. The Kier molecular flexibility index (Phi) is 4.44. The molecule has 0 aromatic heterocycles. The van der Waals surface area contributed by atoms with Crippen LogP contribution in [-0.2, 0) is 4.79 Å². The molecule has 0 heterocycles. The Hall–Kier alpha value is -2.83. The normalized spacial score (nSPS) is 9.83. The van der Waals surface area contributed by atoms with Crippen LogP contribution in [0.5, 0.6) is 0 Å². The average Bonchev–Trinajstić information content (AvgIpc) is 2.39. The van der Waals surface area contributed by atoms with E-state index in [-0.39, 0.29) is 11.3 Å². The summed E-state index contributed by atoms with van der Waals surface area (Å²) in [6.07, 6.45) is 0. The van der Waals surface area contributed by atoms with Gasteiger partial charge in [-0.1, -0.05) is 12.1 Å². The van der Waals surface area contributed by atoms with Crippen molar-refractivity contribution in [1.29, 1.82) is 5.41 Å². The van der Waals surface area contributed by atoms with Gasteiger partial charge in [0.2, 0.25) is 5.70 Å². The summed E-state index contributed by atoms with van der Waals surface area (Å²) in [5.41, 5.74) is 1.29. The first-order valence-corrected chi connectivity index (χ1v) is 4.65. The Morgan fingerprint density at radius 2 is 2.06 bits per heavy atom. The van der Waals surface area contributed by atoms with Gasteiger partial charge >= 0.3 is 5.97 Å². The van der Waals surface area contributed by atoms with Gasteiger partial charge in [0.05, 0.1) is 5.56 Å². The van der Waals surface area contributed by atoms with Crippen molar-refractivity contribution in [3.63, 3.8) is 0 Å². The molecule has 8 heteroatoms. The lowest BCUT2D eigenvalue weighted by atomic mass is 10.2. The lowest BCUT2D eigenvalue weighted by Crippen LogP contribution is -2.31. The van der Waals surface area contributed by atoms with Crippen molar-refractivity contribution >= 4 is 23.4 Å². The number of nitrogens with one attached hydrogen (secondary N) is 2. The average molecular weight is 247 g/mol. The maximum absolute atomic E-state index is 11.1. The van der Waals surface area contributed by atoms with Gasteiger partial charge in [0.15, 0.2) is 0 Å². The van der Waals surface area contributed by atoms with Gasteiger partial charge in [0.25, 0.3) is 5.91 Å². The molecule has 1 amide bonds. The number of rotatable bonds is 4. The van der Waals surface area contributed by atoms with Gasteiger partial charge in [0, 0.05) is 5.87 Å². The third-order valence-corrected chi connectivity index (χ3v) is 1.86. The van der Waals surface area contributed by atoms with Crippen LogP contribution in [0.2, 0.25) is 0 Å². The number of nitrogens with zero attached hydrogens (tertiary/aromatic N) is 2. The number of aromatic carboxylic acids is 1. The molecule has 92 valence electrons. The molecule has 0 atom stereocenters. The van der Waals surface area contributed by atoms with Crippen LogP contribution in [0.4, 0.5) is 5.69 Å². The van der Waals surface area contributed by atoms with Crippen LogP contribution in [0.1, 0.15) is 10.4 Å². The van der Waals surface area contributed by atoms with Crippen molar-refractivity contribution in [1.82, 2.24) is 5.43 Å². The SMILES string of the molecule is N=C=C(N=Nc1ccccc1C(=O)O)C(=O)NN. The summed E-state index contributed by atoms with van der Waals surface area (Å²) in [6, 6.07) is 5.85. The standard InChI is InChI=1S/C10H9N5O3/c11-5-8(9(16)13-12)15-14-7-4-2-1-3-6(7)10(17)18/h1-4,11H,12H2,(H,13,16)(H,17,18). The van der Waals surface area contributed by atoms with E-state index in [2.05, 4.69) is 10.2 Å². The molecule has 0 saturated heterocycles. The molecule has 8 nitrogen and oxygen atoms in total. The van der Waals surface area contributed by atoms with Gasteiger partial charge in [0.1, 0.15) is 5.69 Å². The molecule has 0 saturated carbocycles. The number of hydrogen-bond donors (Lipinski definition) is 4. The Morgan fingerprint density at radius 3 is 2.61 bits per heavy atom. The number of carboxylic acids is 1. The van der Waals surface area contributed by atoms with E-state index in [1.807, 2.05) is 0 Å². The monoisotopic (exact) mass is 247 g/mol. The summed E-state index contributed by atoms with van der Waals surface area (Å²) in [4.78, 5) is 21.9. The van der Waals surface area contributed by atoms with Gasteiger partial charge in [-0.2, -0.15) is 0 Å². The van der Waals surface area contributed by atoms with Crippen molar-refractivity contribution in [3.8, 4) is 0 Å². The number of benzene rings is 1. The first kappa shape index (κ1) is 13.2. The van der Waals surface area contributed by atoms with Crippen molar-refractivity contribution in [2.75, 3.05) is 0 Å². The summed E-state index contributed by atoms with van der Waals surface area (Å²) in [5, 5.41) is 22.7. The molecule has 1 rings (SSSR count). The predicted octanol–water partition coefficient (Wildman–Crippen LogP) is 0.591. The quantitative estimate of drug-likeness (QED) is 0.154. The van der Waals surface area contributed by atoms with E-state index in [0.717, 1.165) is 0 Å². The fourth-order valence-corrected chi connectivity index (χ4v) is 1.04. The highest BCUT2D eigenvalue weighted by molar-refractivity contribution is 6.00. The van der Waals surface area contributed by atoms with Crippen molar-refractivity contribution in [3.05, 3.63) is 35.5 Å². The Bertz CT molecular complexity index is 560. The van der Waals surface area contributed by atoms with Crippen LogP contribution < -0.4 is 11.3 Å². The van der Waals surface area contributed by atoms with Crippen molar-refractivity contribution < 1.29 is 14.7 Å². The van der Waals surface area contributed by atoms with Crippen LogP contribution >= 0.6 is 0 Å².